The number of rotatable bonds is 3. The molecule has 5 nitrogen and oxygen atoms in total. The first kappa shape index (κ1) is 15.0. The van der Waals surface area contributed by atoms with Gasteiger partial charge < -0.3 is 14.8 Å². The fourth-order valence-corrected chi connectivity index (χ4v) is 3.24. The molecule has 2 aromatic rings. The van der Waals surface area contributed by atoms with E-state index in [0.29, 0.717) is 26.3 Å². The topological polar surface area (TPSA) is 50.8 Å². The van der Waals surface area contributed by atoms with Gasteiger partial charge in [-0.3, -0.25) is 9.69 Å². The van der Waals surface area contributed by atoms with Crippen molar-refractivity contribution in [3.63, 3.8) is 0 Å². The van der Waals surface area contributed by atoms with Crippen LogP contribution in [0.5, 0.6) is 11.5 Å². The summed E-state index contributed by atoms with van der Waals surface area (Å²) in [5.41, 5.74) is 2.13. The Balaban J connectivity index is 1.65. The van der Waals surface area contributed by atoms with Gasteiger partial charge in [-0.1, -0.05) is 42.5 Å². The summed E-state index contributed by atoms with van der Waals surface area (Å²) in [4.78, 5) is 14.2. The van der Waals surface area contributed by atoms with Gasteiger partial charge in [0.05, 0.1) is 19.8 Å². The van der Waals surface area contributed by atoms with E-state index in [1.54, 1.807) is 0 Å². The highest BCUT2D eigenvalue weighted by atomic mass is 16.5. The highest BCUT2D eigenvalue weighted by Crippen LogP contribution is 2.39. The van der Waals surface area contributed by atoms with Crippen LogP contribution >= 0.6 is 0 Å². The maximum absolute atomic E-state index is 12.0. The average Bonchev–Trinajstić information content (AvgIpc) is 2.82. The molecule has 1 atom stereocenters. The summed E-state index contributed by atoms with van der Waals surface area (Å²) in [6.45, 7) is 2.36. The lowest BCUT2D eigenvalue weighted by Gasteiger charge is -2.25. The predicted molar refractivity (Wildman–Crippen MR) is 89.8 cm³/mol. The van der Waals surface area contributed by atoms with E-state index in [-0.39, 0.29) is 12.1 Å². The SMILES string of the molecule is O=C1CN(Cc2ccccc2)C(c2cccc3c2OCCCO3)N1. The number of carbonyl (C=O) groups excluding carboxylic acids is 1. The molecule has 2 aliphatic rings. The second kappa shape index (κ2) is 6.53. The minimum Gasteiger partial charge on any atom is -0.490 e. The lowest BCUT2D eigenvalue weighted by molar-refractivity contribution is -0.118. The highest BCUT2D eigenvalue weighted by molar-refractivity contribution is 5.81. The largest absolute Gasteiger partial charge is 0.490 e. The van der Waals surface area contributed by atoms with Crippen molar-refractivity contribution in [1.29, 1.82) is 0 Å². The average molecular weight is 324 g/mol. The highest BCUT2D eigenvalue weighted by Gasteiger charge is 2.34. The minimum atomic E-state index is -0.200. The lowest BCUT2D eigenvalue weighted by atomic mass is 10.1. The predicted octanol–water partition coefficient (Wildman–Crippen LogP) is 2.48. The molecule has 5 heteroatoms. The van der Waals surface area contributed by atoms with Crippen molar-refractivity contribution in [3.8, 4) is 11.5 Å². The van der Waals surface area contributed by atoms with Crippen molar-refractivity contribution < 1.29 is 14.3 Å². The minimum absolute atomic E-state index is 0.0306. The number of carbonyl (C=O) groups is 1. The zero-order valence-electron chi connectivity index (χ0n) is 13.4. The van der Waals surface area contributed by atoms with E-state index >= 15 is 0 Å². The van der Waals surface area contributed by atoms with Gasteiger partial charge in [0.1, 0.15) is 6.17 Å². The van der Waals surface area contributed by atoms with Crippen LogP contribution in [-0.4, -0.2) is 30.6 Å². The molecule has 24 heavy (non-hydrogen) atoms. The maximum Gasteiger partial charge on any atom is 0.235 e. The summed E-state index contributed by atoms with van der Waals surface area (Å²) < 4.78 is 11.7. The van der Waals surface area contributed by atoms with Gasteiger partial charge in [0.25, 0.3) is 0 Å². The molecule has 4 rings (SSSR count). The number of fused-ring (bicyclic) bond motifs is 1. The van der Waals surface area contributed by atoms with Crippen LogP contribution in [-0.2, 0) is 11.3 Å². The molecule has 1 fully saturated rings. The first-order valence-electron chi connectivity index (χ1n) is 8.27. The maximum atomic E-state index is 12.0. The number of para-hydroxylation sites is 1. The molecule has 124 valence electrons. The van der Waals surface area contributed by atoms with Gasteiger partial charge >= 0.3 is 0 Å². The monoisotopic (exact) mass is 324 g/mol. The van der Waals surface area contributed by atoms with Crippen molar-refractivity contribution in [3.05, 3.63) is 59.7 Å². The summed E-state index contributed by atoms with van der Waals surface area (Å²) in [6, 6.07) is 16.0. The van der Waals surface area contributed by atoms with E-state index in [9.17, 15) is 4.79 Å². The van der Waals surface area contributed by atoms with Crippen LogP contribution in [0, 0.1) is 0 Å². The van der Waals surface area contributed by atoms with Crippen LogP contribution in [0.25, 0.3) is 0 Å². The van der Waals surface area contributed by atoms with Crippen molar-refractivity contribution in [2.75, 3.05) is 19.8 Å². The Labute approximate surface area is 141 Å². The van der Waals surface area contributed by atoms with Crippen LogP contribution in [0.4, 0.5) is 0 Å². The molecule has 0 spiro atoms. The lowest BCUT2D eigenvalue weighted by Crippen LogP contribution is -2.28. The Hall–Kier alpha value is -2.53. The second-order valence-electron chi connectivity index (χ2n) is 6.09. The fourth-order valence-electron chi connectivity index (χ4n) is 3.24. The number of hydrogen-bond donors (Lipinski definition) is 1. The Bertz CT molecular complexity index is 733. The fraction of sp³-hybridized carbons (Fsp3) is 0.316. The van der Waals surface area contributed by atoms with Gasteiger partial charge in [0.15, 0.2) is 11.5 Å². The van der Waals surface area contributed by atoms with E-state index < -0.39 is 0 Å². The normalized spacial score (nSPS) is 20.5. The van der Waals surface area contributed by atoms with E-state index in [0.717, 1.165) is 23.5 Å². The van der Waals surface area contributed by atoms with E-state index in [4.69, 9.17) is 9.47 Å². The van der Waals surface area contributed by atoms with E-state index in [2.05, 4.69) is 22.3 Å². The number of benzene rings is 2. The number of nitrogens with zero attached hydrogens (tertiary/aromatic N) is 1. The molecule has 2 heterocycles. The Morgan fingerprint density at radius 2 is 1.88 bits per heavy atom. The summed E-state index contributed by atoms with van der Waals surface area (Å²) in [5.74, 6) is 1.54. The number of ether oxygens (including phenoxy) is 2. The molecule has 2 aliphatic heterocycles. The molecule has 0 bridgehead atoms. The third-order valence-corrected chi connectivity index (χ3v) is 4.33. The van der Waals surface area contributed by atoms with Crippen LogP contribution in [0.3, 0.4) is 0 Å². The molecule has 1 saturated heterocycles. The van der Waals surface area contributed by atoms with Gasteiger partial charge in [0.2, 0.25) is 5.91 Å². The van der Waals surface area contributed by atoms with E-state index in [1.807, 2.05) is 36.4 Å². The van der Waals surface area contributed by atoms with Crippen molar-refractivity contribution in [2.24, 2.45) is 0 Å². The van der Waals surface area contributed by atoms with Gasteiger partial charge in [-0.15, -0.1) is 0 Å². The molecular weight excluding hydrogens is 304 g/mol. The van der Waals surface area contributed by atoms with Gasteiger partial charge in [-0.2, -0.15) is 0 Å². The van der Waals surface area contributed by atoms with Gasteiger partial charge in [0, 0.05) is 18.5 Å². The molecular formula is C19H20N2O3. The van der Waals surface area contributed by atoms with Crippen molar-refractivity contribution in [1.82, 2.24) is 10.2 Å². The number of hydrogen-bond acceptors (Lipinski definition) is 4. The van der Waals surface area contributed by atoms with Crippen molar-refractivity contribution >= 4 is 5.91 Å². The Morgan fingerprint density at radius 3 is 2.75 bits per heavy atom. The van der Waals surface area contributed by atoms with Crippen LogP contribution in [0.15, 0.2) is 48.5 Å². The molecule has 2 aromatic carbocycles. The third-order valence-electron chi connectivity index (χ3n) is 4.33. The smallest absolute Gasteiger partial charge is 0.235 e. The summed E-state index contributed by atoms with van der Waals surface area (Å²) in [6.07, 6.45) is 0.660. The second-order valence-corrected chi connectivity index (χ2v) is 6.09. The molecule has 1 N–H and O–H groups in total. The third kappa shape index (κ3) is 2.95. The quantitative estimate of drug-likeness (QED) is 0.942. The van der Waals surface area contributed by atoms with Crippen LogP contribution < -0.4 is 14.8 Å². The molecule has 0 aliphatic carbocycles. The zero-order chi connectivity index (χ0) is 16.4. The molecule has 0 aromatic heterocycles. The Morgan fingerprint density at radius 1 is 1.04 bits per heavy atom. The molecule has 0 saturated carbocycles. The first-order chi connectivity index (χ1) is 11.8. The summed E-state index contributed by atoms with van der Waals surface area (Å²) >= 11 is 0. The summed E-state index contributed by atoms with van der Waals surface area (Å²) in [5, 5.41) is 3.06. The van der Waals surface area contributed by atoms with Crippen LogP contribution in [0.2, 0.25) is 0 Å². The van der Waals surface area contributed by atoms with Gasteiger partial charge in [-0.25, -0.2) is 0 Å². The Kier molecular flexibility index (Phi) is 4.09. The van der Waals surface area contributed by atoms with Gasteiger partial charge in [-0.05, 0) is 11.6 Å². The van der Waals surface area contributed by atoms with Crippen LogP contribution in [0.1, 0.15) is 23.7 Å². The zero-order valence-corrected chi connectivity index (χ0v) is 13.4. The summed E-state index contributed by atoms with van der Waals surface area (Å²) in [7, 11) is 0. The van der Waals surface area contributed by atoms with E-state index in [1.165, 1.54) is 5.56 Å². The standard InChI is InChI=1S/C19H20N2O3/c22-17-13-21(12-14-6-2-1-3-7-14)19(20-17)15-8-4-9-16-18(15)24-11-5-10-23-16/h1-4,6-9,19H,5,10-13H2,(H,20,22). The molecule has 1 unspecified atom stereocenters. The first-order valence-corrected chi connectivity index (χ1v) is 8.27. The number of nitrogens with one attached hydrogen (secondary N) is 1. The number of amides is 1. The molecule has 0 radical (unpaired) electrons. The van der Waals surface area contributed by atoms with Crippen molar-refractivity contribution in [2.45, 2.75) is 19.1 Å². The molecule has 1 amide bonds.